The fourth-order valence-corrected chi connectivity index (χ4v) is 4.52. The second kappa shape index (κ2) is 9.30. The number of amides is 1. The van der Waals surface area contributed by atoms with Crippen molar-refractivity contribution in [3.05, 3.63) is 76.9 Å². The van der Waals surface area contributed by atoms with Gasteiger partial charge in [-0.2, -0.15) is 0 Å². The lowest BCUT2D eigenvalue weighted by Crippen LogP contribution is -2.26. The number of aryl methyl sites for hydroxylation is 1. The van der Waals surface area contributed by atoms with Crippen molar-refractivity contribution in [2.24, 2.45) is 0 Å². The number of rotatable bonds is 5. The molecule has 5 nitrogen and oxygen atoms in total. The van der Waals surface area contributed by atoms with Gasteiger partial charge in [-0.05, 0) is 43.2 Å². The van der Waals surface area contributed by atoms with Crippen molar-refractivity contribution in [1.82, 2.24) is 9.55 Å². The highest BCUT2D eigenvalue weighted by Gasteiger charge is 2.15. The zero-order valence-corrected chi connectivity index (χ0v) is 17.7. The summed E-state index contributed by atoms with van der Waals surface area (Å²) in [6.07, 6.45) is 6.99. The Kier molecular flexibility index (Phi) is 6.33. The molecular weight excluding hydrogens is 394 g/mol. The largest absolute Gasteiger partial charge is 0.321 e. The standard InChI is InChI=1S/C24H25N3O2S/c1-2-15-30-21-10-7-6-9-19(21)26-23(28)17-12-13-18-20(16-17)25-22-11-5-3-4-8-14-27(22)24(18)29/h2,6-7,9-10,12-13,16H,1,3-5,8,11,14-15H2,(H,26,28). The fraction of sp³-hybridized carbons (Fsp3) is 0.292. The van der Waals surface area contributed by atoms with Crippen LogP contribution < -0.4 is 10.9 Å². The quantitative estimate of drug-likeness (QED) is 0.465. The number of aromatic nitrogens is 2. The van der Waals surface area contributed by atoms with Crippen LogP contribution in [0.15, 0.2) is 64.8 Å². The number of anilines is 1. The SMILES string of the molecule is C=CCSc1ccccc1NC(=O)c1ccc2c(=O)n3c(nc2c1)CCCCCC3. The van der Waals surface area contributed by atoms with E-state index in [2.05, 4.69) is 11.9 Å². The first-order valence-electron chi connectivity index (χ1n) is 10.3. The Morgan fingerprint density at radius 2 is 2.00 bits per heavy atom. The van der Waals surface area contributed by atoms with Crippen molar-refractivity contribution in [2.45, 2.75) is 43.5 Å². The van der Waals surface area contributed by atoms with Crippen LogP contribution in [0.4, 0.5) is 5.69 Å². The smallest absolute Gasteiger partial charge is 0.261 e. The minimum atomic E-state index is -0.211. The molecule has 0 spiro atoms. The second-order valence-corrected chi connectivity index (χ2v) is 8.49. The van der Waals surface area contributed by atoms with E-state index in [1.165, 1.54) is 6.42 Å². The first-order chi connectivity index (χ1) is 14.7. The zero-order chi connectivity index (χ0) is 20.9. The van der Waals surface area contributed by atoms with Gasteiger partial charge in [-0.1, -0.05) is 31.1 Å². The van der Waals surface area contributed by atoms with Gasteiger partial charge in [-0.15, -0.1) is 18.3 Å². The van der Waals surface area contributed by atoms with Crippen LogP contribution in [0.25, 0.3) is 10.9 Å². The minimum absolute atomic E-state index is 0.00460. The maximum Gasteiger partial charge on any atom is 0.261 e. The summed E-state index contributed by atoms with van der Waals surface area (Å²) >= 11 is 1.62. The number of hydrogen-bond acceptors (Lipinski definition) is 4. The number of hydrogen-bond donors (Lipinski definition) is 1. The van der Waals surface area contributed by atoms with Gasteiger partial charge in [0.2, 0.25) is 0 Å². The van der Waals surface area contributed by atoms with Gasteiger partial charge in [0.1, 0.15) is 5.82 Å². The van der Waals surface area contributed by atoms with E-state index in [1.807, 2.05) is 34.9 Å². The van der Waals surface area contributed by atoms with Crippen LogP contribution in [0.3, 0.4) is 0 Å². The number of nitrogens with zero attached hydrogens (tertiary/aromatic N) is 2. The Balaban J connectivity index is 1.65. The molecule has 154 valence electrons. The third-order valence-corrected chi connectivity index (χ3v) is 6.39. The summed E-state index contributed by atoms with van der Waals surface area (Å²) in [6, 6.07) is 12.9. The Labute approximate surface area is 180 Å². The van der Waals surface area contributed by atoms with E-state index in [9.17, 15) is 9.59 Å². The van der Waals surface area contributed by atoms with E-state index in [1.54, 1.807) is 30.0 Å². The summed E-state index contributed by atoms with van der Waals surface area (Å²) in [5.74, 6) is 1.38. The van der Waals surface area contributed by atoms with E-state index in [0.29, 0.717) is 16.5 Å². The van der Waals surface area contributed by atoms with Crippen molar-refractivity contribution in [1.29, 1.82) is 0 Å². The number of carbonyl (C=O) groups excluding carboxylic acids is 1. The van der Waals surface area contributed by atoms with Crippen LogP contribution in [-0.2, 0) is 13.0 Å². The Morgan fingerprint density at radius 1 is 1.17 bits per heavy atom. The molecule has 0 aliphatic carbocycles. The molecule has 0 fully saturated rings. The van der Waals surface area contributed by atoms with Crippen LogP contribution in [0.5, 0.6) is 0 Å². The van der Waals surface area contributed by atoms with Crippen LogP contribution >= 0.6 is 11.8 Å². The van der Waals surface area contributed by atoms with Crippen molar-refractivity contribution in [3.8, 4) is 0 Å². The molecule has 1 amide bonds. The van der Waals surface area contributed by atoms with Crippen LogP contribution in [0, 0.1) is 0 Å². The van der Waals surface area contributed by atoms with Gasteiger partial charge in [-0.25, -0.2) is 4.98 Å². The number of para-hydroxylation sites is 1. The van der Waals surface area contributed by atoms with Gasteiger partial charge in [-0.3, -0.25) is 14.2 Å². The Morgan fingerprint density at radius 3 is 2.87 bits per heavy atom. The van der Waals surface area contributed by atoms with E-state index in [-0.39, 0.29) is 11.5 Å². The average Bonchev–Trinajstić information content (AvgIpc) is 2.74. The Bertz CT molecular complexity index is 1150. The maximum atomic E-state index is 13.0. The third kappa shape index (κ3) is 4.33. The molecule has 0 saturated heterocycles. The molecular formula is C24H25N3O2S. The zero-order valence-electron chi connectivity index (χ0n) is 16.9. The minimum Gasteiger partial charge on any atom is -0.321 e. The van der Waals surface area contributed by atoms with Crippen molar-refractivity contribution >= 4 is 34.3 Å². The molecule has 4 rings (SSSR count). The number of nitrogens with one attached hydrogen (secondary N) is 1. The lowest BCUT2D eigenvalue weighted by atomic mass is 10.1. The molecule has 1 N–H and O–H groups in total. The summed E-state index contributed by atoms with van der Waals surface area (Å²) in [5, 5.41) is 3.56. The van der Waals surface area contributed by atoms with Gasteiger partial charge in [0, 0.05) is 29.2 Å². The van der Waals surface area contributed by atoms with E-state index in [4.69, 9.17) is 4.98 Å². The monoisotopic (exact) mass is 419 g/mol. The summed E-state index contributed by atoms with van der Waals surface area (Å²) in [4.78, 5) is 31.6. The number of fused-ring (bicyclic) bond motifs is 2. The molecule has 0 saturated carbocycles. The number of thioether (sulfide) groups is 1. The lowest BCUT2D eigenvalue weighted by Gasteiger charge is -2.16. The van der Waals surface area contributed by atoms with Gasteiger partial charge >= 0.3 is 0 Å². The van der Waals surface area contributed by atoms with Crippen molar-refractivity contribution < 1.29 is 4.79 Å². The predicted octanol–water partition coefficient (Wildman–Crippen LogP) is 5.04. The van der Waals surface area contributed by atoms with Crippen molar-refractivity contribution in [3.63, 3.8) is 0 Å². The molecule has 3 aromatic rings. The number of carbonyl (C=O) groups is 1. The van der Waals surface area contributed by atoms with Crippen LogP contribution in [-0.4, -0.2) is 21.2 Å². The average molecular weight is 420 g/mol. The molecule has 1 aliphatic rings. The Hall–Kier alpha value is -2.86. The first-order valence-corrected chi connectivity index (χ1v) is 11.3. The second-order valence-electron chi connectivity index (χ2n) is 7.43. The molecule has 30 heavy (non-hydrogen) atoms. The normalized spacial score (nSPS) is 13.9. The van der Waals surface area contributed by atoms with Crippen LogP contribution in [0.1, 0.15) is 41.9 Å². The molecule has 0 unspecified atom stereocenters. The van der Waals surface area contributed by atoms with Gasteiger partial charge in [0.05, 0.1) is 16.6 Å². The van der Waals surface area contributed by atoms with E-state index in [0.717, 1.165) is 54.4 Å². The highest BCUT2D eigenvalue weighted by atomic mass is 32.2. The predicted molar refractivity (Wildman–Crippen MR) is 123 cm³/mol. The van der Waals surface area contributed by atoms with Crippen LogP contribution in [0.2, 0.25) is 0 Å². The highest BCUT2D eigenvalue weighted by Crippen LogP contribution is 2.27. The highest BCUT2D eigenvalue weighted by molar-refractivity contribution is 7.99. The van der Waals surface area contributed by atoms with E-state index < -0.39 is 0 Å². The van der Waals surface area contributed by atoms with Gasteiger partial charge < -0.3 is 5.32 Å². The topological polar surface area (TPSA) is 64.0 Å². The molecule has 2 heterocycles. The lowest BCUT2D eigenvalue weighted by molar-refractivity contribution is 0.102. The fourth-order valence-electron chi connectivity index (χ4n) is 3.78. The van der Waals surface area contributed by atoms with Gasteiger partial charge in [0.15, 0.2) is 0 Å². The first kappa shape index (κ1) is 20.4. The molecule has 1 aromatic heterocycles. The molecule has 2 aromatic carbocycles. The summed E-state index contributed by atoms with van der Waals surface area (Å²) in [6.45, 7) is 4.47. The summed E-state index contributed by atoms with van der Waals surface area (Å²) < 4.78 is 1.81. The maximum absolute atomic E-state index is 13.0. The molecule has 6 heteroatoms. The molecule has 0 atom stereocenters. The third-order valence-electron chi connectivity index (χ3n) is 5.32. The van der Waals surface area contributed by atoms with Gasteiger partial charge in [0.25, 0.3) is 11.5 Å². The summed E-state index contributed by atoms with van der Waals surface area (Å²) in [7, 11) is 0. The molecule has 0 radical (unpaired) electrons. The number of benzene rings is 2. The van der Waals surface area contributed by atoms with E-state index >= 15 is 0 Å². The molecule has 0 bridgehead atoms. The van der Waals surface area contributed by atoms with Crippen molar-refractivity contribution in [2.75, 3.05) is 11.1 Å². The molecule has 1 aliphatic heterocycles. The summed E-state index contributed by atoms with van der Waals surface area (Å²) in [5.41, 5.74) is 1.85.